The fourth-order valence-electron chi connectivity index (χ4n) is 6.49. The molecule has 2 N–H and O–H groups in total. The van der Waals surface area contributed by atoms with E-state index >= 15 is 0 Å². The minimum Gasteiger partial charge on any atom is -0.444 e. The highest BCUT2D eigenvalue weighted by molar-refractivity contribution is 14.1. The van der Waals surface area contributed by atoms with Crippen molar-refractivity contribution in [3.05, 3.63) is 44.8 Å². The Bertz CT molecular complexity index is 1410. The summed E-state index contributed by atoms with van der Waals surface area (Å²) in [6.45, 7) is 7.63. The van der Waals surface area contributed by atoms with Crippen LogP contribution in [0.1, 0.15) is 82.0 Å². The molecule has 3 aromatic rings. The first-order chi connectivity index (χ1) is 19.2. The Morgan fingerprint density at radius 3 is 2.70 bits per heavy atom. The molecule has 1 spiro atoms. The summed E-state index contributed by atoms with van der Waals surface area (Å²) >= 11 is 2.19. The number of nitrogens with zero attached hydrogens (tertiary/aromatic N) is 5. The maximum atomic E-state index is 12.9. The summed E-state index contributed by atoms with van der Waals surface area (Å²) in [6, 6.07) is 8.27. The molecule has 4 heterocycles. The number of fused-ring (bicyclic) bond motifs is 2. The normalized spacial score (nSPS) is 22.5. The SMILES string of the molecule is CC(C)(C)OC(=O)N[C@@H]1c2ccccc2CC12CCN(c1nc3c(nc1CO)c(I)nn3C1CCCCO1)CC2. The van der Waals surface area contributed by atoms with E-state index in [1.54, 1.807) is 0 Å². The average molecular weight is 661 g/mol. The summed E-state index contributed by atoms with van der Waals surface area (Å²) in [5.41, 5.74) is 3.71. The largest absolute Gasteiger partial charge is 0.444 e. The van der Waals surface area contributed by atoms with Crippen molar-refractivity contribution in [2.75, 3.05) is 24.6 Å². The molecule has 3 aliphatic rings. The first-order valence-corrected chi connectivity index (χ1v) is 15.2. The van der Waals surface area contributed by atoms with Crippen molar-refractivity contribution < 1.29 is 19.4 Å². The van der Waals surface area contributed by atoms with Gasteiger partial charge in [0.25, 0.3) is 0 Å². The predicted octanol–water partition coefficient (Wildman–Crippen LogP) is 5.03. The number of halogens is 1. The molecule has 2 fully saturated rings. The molecular weight excluding hydrogens is 623 g/mol. The third-order valence-electron chi connectivity index (χ3n) is 8.36. The van der Waals surface area contributed by atoms with Gasteiger partial charge in [0.1, 0.15) is 16.8 Å². The van der Waals surface area contributed by atoms with E-state index in [2.05, 4.69) is 51.0 Å². The number of carbonyl (C=O) groups excluding carboxylic acids is 1. The van der Waals surface area contributed by atoms with Crippen LogP contribution in [-0.4, -0.2) is 56.2 Å². The number of nitrogens with one attached hydrogen (secondary N) is 1. The minimum absolute atomic E-state index is 0.124. The molecule has 0 saturated carbocycles. The van der Waals surface area contributed by atoms with E-state index in [9.17, 15) is 9.90 Å². The summed E-state index contributed by atoms with van der Waals surface area (Å²) in [5, 5.41) is 18.2. The van der Waals surface area contributed by atoms with Crippen LogP contribution in [0.4, 0.5) is 10.6 Å². The van der Waals surface area contributed by atoms with Gasteiger partial charge in [-0.3, -0.25) is 0 Å². The van der Waals surface area contributed by atoms with E-state index in [0.717, 1.165) is 55.3 Å². The summed E-state index contributed by atoms with van der Waals surface area (Å²) in [7, 11) is 0. The summed E-state index contributed by atoms with van der Waals surface area (Å²) in [5.74, 6) is 0.699. The van der Waals surface area contributed by atoms with Crippen molar-refractivity contribution in [2.24, 2.45) is 5.41 Å². The van der Waals surface area contributed by atoms with E-state index < -0.39 is 5.60 Å². The van der Waals surface area contributed by atoms with Gasteiger partial charge < -0.3 is 24.8 Å². The molecule has 1 amide bonds. The number of benzene rings is 1. The predicted molar refractivity (Wildman–Crippen MR) is 159 cm³/mol. The van der Waals surface area contributed by atoms with E-state index in [0.29, 0.717) is 29.3 Å². The van der Waals surface area contributed by atoms with Crippen molar-refractivity contribution in [3.8, 4) is 0 Å². The number of ether oxygens (including phenoxy) is 2. The van der Waals surface area contributed by atoms with Gasteiger partial charge in [0.15, 0.2) is 21.4 Å². The molecule has 1 aliphatic carbocycles. The molecule has 2 aromatic heterocycles. The number of hydrogen-bond acceptors (Lipinski definition) is 8. The Kier molecular flexibility index (Phi) is 7.41. The van der Waals surface area contributed by atoms with Crippen molar-refractivity contribution in [1.29, 1.82) is 0 Å². The van der Waals surface area contributed by atoms with Crippen LogP contribution in [0, 0.1) is 9.12 Å². The molecule has 11 heteroatoms. The lowest BCUT2D eigenvalue weighted by molar-refractivity contribution is -0.0372. The van der Waals surface area contributed by atoms with Crippen molar-refractivity contribution in [3.63, 3.8) is 0 Å². The smallest absolute Gasteiger partial charge is 0.408 e. The number of aliphatic hydroxyl groups is 1. The topological polar surface area (TPSA) is 115 Å². The zero-order chi connectivity index (χ0) is 28.1. The number of carbonyl (C=O) groups is 1. The van der Waals surface area contributed by atoms with Gasteiger partial charge in [-0.25, -0.2) is 19.4 Å². The highest BCUT2D eigenvalue weighted by atomic mass is 127. The fraction of sp³-hybridized carbons (Fsp3) is 0.586. The van der Waals surface area contributed by atoms with E-state index in [1.165, 1.54) is 11.1 Å². The number of amides is 1. The molecular formula is C29H37IN6O4. The Balaban J connectivity index is 1.28. The summed E-state index contributed by atoms with van der Waals surface area (Å²) < 4.78 is 14.3. The fourth-order valence-corrected chi connectivity index (χ4v) is 7.08. The van der Waals surface area contributed by atoms with Crippen LogP contribution in [0.2, 0.25) is 0 Å². The third-order valence-corrected chi connectivity index (χ3v) is 9.08. The van der Waals surface area contributed by atoms with Crippen molar-refractivity contribution in [1.82, 2.24) is 25.1 Å². The maximum absolute atomic E-state index is 12.9. The molecule has 6 rings (SSSR count). The zero-order valence-electron chi connectivity index (χ0n) is 23.3. The lowest BCUT2D eigenvalue weighted by atomic mass is 9.72. The highest BCUT2D eigenvalue weighted by Crippen LogP contribution is 2.52. The van der Waals surface area contributed by atoms with Crippen LogP contribution < -0.4 is 10.2 Å². The van der Waals surface area contributed by atoms with Gasteiger partial charge in [-0.1, -0.05) is 24.3 Å². The molecule has 2 atom stereocenters. The van der Waals surface area contributed by atoms with E-state index in [4.69, 9.17) is 24.5 Å². The highest BCUT2D eigenvalue weighted by Gasteiger charge is 2.49. The Labute approximate surface area is 248 Å². The standard InChI is InChI=1S/C29H37IN6O4/c1-28(2,3)40-27(38)32-23-19-9-5-4-8-18(19)16-29(23)11-13-35(14-12-29)25-20(17-37)31-22-24(30)34-36(26(22)33-25)21-10-6-7-15-39-21/h4-5,8-9,21,23,37H,6-7,10-17H2,1-3H3,(H,32,38)/t21?,23-/m1/s1. The molecule has 214 valence electrons. The molecule has 0 radical (unpaired) electrons. The van der Waals surface area contributed by atoms with E-state index in [-0.39, 0.29) is 30.4 Å². The second-order valence-electron chi connectivity index (χ2n) is 12.2. The molecule has 2 saturated heterocycles. The van der Waals surface area contributed by atoms with Gasteiger partial charge >= 0.3 is 6.09 Å². The number of rotatable bonds is 4. The summed E-state index contributed by atoms with van der Waals surface area (Å²) in [6.07, 6.45) is 5.12. The first-order valence-electron chi connectivity index (χ1n) is 14.2. The number of aliphatic hydroxyl groups excluding tert-OH is 1. The van der Waals surface area contributed by atoms with Crippen LogP contribution in [0.15, 0.2) is 24.3 Å². The molecule has 1 aromatic carbocycles. The molecule has 2 aliphatic heterocycles. The van der Waals surface area contributed by atoms with Crippen LogP contribution in [-0.2, 0) is 22.5 Å². The first kappa shape index (κ1) is 27.6. The van der Waals surface area contributed by atoms with Gasteiger partial charge in [-0.15, -0.1) is 0 Å². The average Bonchev–Trinajstić information content (AvgIpc) is 3.41. The zero-order valence-corrected chi connectivity index (χ0v) is 25.5. The number of alkyl carbamates (subject to hydrolysis) is 1. The second-order valence-corrected chi connectivity index (χ2v) is 13.2. The van der Waals surface area contributed by atoms with E-state index in [1.807, 2.05) is 31.5 Å². The quantitative estimate of drug-likeness (QED) is 0.375. The Hall–Kier alpha value is -2.51. The lowest BCUT2D eigenvalue weighted by Crippen LogP contribution is -2.48. The lowest BCUT2D eigenvalue weighted by Gasteiger charge is -2.44. The van der Waals surface area contributed by atoms with Crippen LogP contribution >= 0.6 is 22.6 Å². The number of anilines is 1. The maximum Gasteiger partial charge on any atom is 0.408 e. The molecule has 0 bridgehead atoms. The Morgan fingerprint density at radius 2 is 2.00 bits per heavy atom. The molecule has 10 nitrogen and oxygen atoms in total. The Morgan fingerprint density at radius 1 is 1.23 bits per heavy atom. The van der Waals surface area contributed by atoms with Gasteiger partial charge in [0.2, 0.25) is 0 Å². The van der Waals surface area contributed by atoms with Gasteiger partial charge in [0.05, 0.1) is 12.6 Å². The van der Waals surface area contributed by atoms with Crippen LogP contribution in [0.25, 0.3) is 11.2 Å². The molecule has 1 unspecified atom stereocenters. The summed E-state index contributed by atoms with van der Waals surface area (Å²) in [4.78, 5) is 25.0. The second kappa shape index (κ2) is 10.7. The van der Waals surface area contributed by atoms with Crippen molar-refractivity contribution >= 4 is 45.7 Å². The van der Waals surface area contributed by atoms with Crippen molar-refractivity contribution in [2.45, 2.75) is 83.8 Å². The van der Waals surface area contributed by atoms with Gasteiger partial charge in [-0.2, -0.15) is 5.10 Å². The van der Waals surface area contributed by atoms with Crippen LogP contribution in [0.3, 0.4) is 0 Å². The number of hydrogen-bond donors (Lipinski definition) is 2. The molecule has 40 heavy (non-hydrogen) atoms. The van der Waals surface area contributed by atoms with Crippen LogP contribution in [0.5, 0.6) is 0 Å². The van der Waals surface area contributed by atoms with Gasteiger partial charge in [0, 0.05) is 25.1 Å². The number of piperidine rings is 1. The number of aromatic nitrogens is 4. The third kappa shape index (κ3) is 5.16. The van der Waals surface area contributed by atoms with Gasteiger partial charge in [-0.05, 0) is 93.0 Å². The minimum atomic E-state index is -0.566. The monoisotopic (exact) mass is 660 g/mol.